The van der Waals surface area contributed by atoms with Gasteiger partial charge >= 0.3 is 6.03 Å². The molecule has 174 valence electrons. The average molecular weight is 465 g/mol. The predicted molar refractivity (Wildman–Crippen MR) is 135 cm³/mol. The Bertz CT molecular complexity index is 1450. The van der Waals surface area contributed by atoms with Crippen molar-refractivity contribution >= 4 is 28.6 Å². The molecule has 0 aliphatic heterocycles. The number of pyridine rings is 2. The molecule has 0 aliphatic carbocycles. The van der Waals surface area contributed by atoms with E-state index in [0.29, 0.717) is 11.6 Å². The van der Waals surface area contributed by atoms with E-state index < -0.39 is 6.03 Å². The van der Waals surface area contributed by atoms with Crippen LogP contribution in [0, 0.1) is 6.92 Å². The van der Waals surface area contributed by atoms with Gasteiger partial charge in [0, 0.05) is 35.1 Å². The van der Waals surface area contributed by atoms with Crippen LogP contribution in [0.1, 0.15) is 23.4 Å². The molecule has 5 aromatic rings. The fourth-order valence-corrected chi connectivity index (χ4v) is 3.84. The molecular weight excluding hydrogens is 440 g/mol. The van der Waals surface area contributed by atoms with E-state index in [-0.39, 0.29) is 0 Å². The van der Waals surface area contributed by atoms with E-state index in [0.717, 1.165) is 52.8 Å². The number of nitrogens with one attached hydrogen (secondary N) is 3. The van der Waals surface area contributed by atoms with Gasteiger partial charge in [0.05, 0.1) is 11.2 Å². The van der Waals surface area contributed by atoms with Crippen molar-refractivity contribution in [2.45, 2.75) is 26.2 Å². The maximum absolute atomic E-state index is 12.4. The number of aromatic amines is 1. The van der Waals surface area contributed by atoms with Gasteiger partial charge in [0.1, 0.15) is 11.5 Å². The molecule has 0 bridgehead atoms. The highest BCUT2D eigenvalue weighted by molar-refractivity contribution is 6.00. The highest BCUT2D eigenvalue weighted by Crippen LogP contribution is 2.27. The summed E-state index contributed by atoms with van der Waals surface area (Å²) in [6.45, 7) is 1.93. The van der Waals surface area contributed by atoms with Crippen LogP contribution in [0.2, 0.25) is 0 Å². The van der Waals surface area contributed by atoms with E-state index >= 15 is 0 Å². The van der Waals surface area contributed by atoms with E-state index in [9.17, 15) is 4.79 Å². The number of amides is 2. The zero-order valence-corrected chi connectivity index (χ0v) is 19.2. The first kappa shape index (κ1) is 22.1. The van der Waals surface area contributed by atoms with Gasteiger partial charge in [-0.3, -0.25) is 20.7 Å². The minimum Gasteiger partial charge on any atom is -0.292 e. The Morgan fingerprint density at radius 1 is 0.914 bits per heavy atom. The van der Waals surface area contributed by atoms with Crippen LogP contribution in [-0.4, -0.2) is 36.4 Å². The molecule has 0 spiro atoms. The number of carbonyl (C=O) groups excluding carboxylic acids is 1. The number of nitrogens with zero attached hydrogens (tertiary/aromatic N) is 5. The summed E-state index contributed by atoms with van der Waals surface area (Å²) < 4.78 is 0. The Kier molecular flexibility index (Phi) is 6.38. The largest absolute Gasteiger partial charge is 0.326 e. The van der Waals surface area contributed by atoms with Crippen LogP contribution in [0.5, 0.6) is 0 Å². The van der Waals surface area contributed by atoms with Gasteiger partial charge in [-0.15, -0.1) is 5.10 Å². The maximum Gasteiger partial charge on any atom is 0.326 e. The third-order valence-corrected chi connectivity index (χ3v) is 5.56. The highest BCUT2D eigenvalue weighted by Gasteiger charge is 2.12. The number of hydrogen-bond donors (Lipinski definition) is 3. The number of aryl methyl sites for hydroxylation is 3. The summed E-state index contributed by atoms with van der Waals surface area (Å²) in [5, 5.41) is 22.0. The lowest BCUT2D eigenvalue weighted by Gasteiger charge is -2.07. The quantitative estimate of drug-likeness (QED) is 0.314. The highest BCUT2D eigenvalue weighted by atomic mass is 16.2. The lowest BCUT2D eigenvalue weighted by Crippen LogP contribution is -2.21. The number of anilines is 2. The molecule has 0 atom stereocenters. The lowest BCUT2D eigenvalue weighted by atomic mass is 10.1. The molecule has 0 radical (unpaired) electrons. The molecule has 9 heteroatoms. The first-order chi connectivity index (χ1) is 17.1. The number of hydrogen-bond acceptors (Lipinski definition) is 6. The Hall–Kier alpha value is -4.66. The van der Waals surface area contributed by atoms with Crippen LogP contribution in [0.25, 0.3) is 22.2 Å². The monoisotopic (exact) mass is 464 g/mol. The van der Waals surface area contributed by atoms with Crippen molar-refractivity contribution in [2.24, 2.45) is 0 Å². The maximum atomic E-state index is 12.4. The Morgan fingerprint density at radius 2 is 1.77 bits per heavy atom. The first-order valence-corrected chi connectivity index (χ1v) is 11.4. The molecule has 4 heterocycles. The smallest absolute Gasteiger partial charge is 0.292 e. The van der Waals surface area contributed by atoms with Crippen molar-refractivity contribution in [1.82, 2.24) is 30.4 Å². The van der Waals surface area contributed by atoms with Gasteiger partial charge in [-0.2, -0.15) is 10.2 Å². The van der Waals surface area contributed by atoms with Crippen molar-refractivity contribution in [1.29, 1.82) is 0 Å². The van der Waals surface area contributed by atoms with E-state index in [2.05, 4.69) is 53.1 Å². The number of carbonyl (C=O) groups is 1. The van der Waals surface area contributed by atoms with Crippen molar-refractivity contribution < 1.29 is 4.79 Å². The molecule has 2 amide bonds. The van der Waals surface area contributed by atoms with Crippen LogP contribution >= 0.6 is 0 Å². The number of benzene rings is 1. The van der Waals surface area contributed by atoms with E-state index in [1.165, 1.54) is 5.56 Å². The van der Waals surface area contributed by atoms with Gasteiger partial charge in [-0.25, -0.2) is 9.78 Å². The molecule has 35 heavy (non-hydrogen) atoms. The predicted octanol–water partition coefficient (Wildman–Crippen LogP) is 4.94. The zero-order valence-electron chi connectivity index (χ0n) is 19.2. The molecule has 9 nitrogen and oxygen atoms in total. The van der Waals surface area contributed by atoms with E-state index in [1.54, 1.807) is 24.5 Å². The number of urea groups is 1. The second kappa shape index (κ2) is 10.1. The minimum atomic E-state index is -0.451. The number of H-pyrrole nitrogens is 1. The number of aromatic nitrogens is 6. The SMILES string of the molecule is Cc1cc(-c2n[nH]c3cc(NC(=O)Nc4ccc(CCCc5ccccc5)nn4)ncc23)ccn1. The second-order valence-electron chi connectivity index (χ2n) is 8.20. The first-order valence-electron chi connectivity index (χ1n) is 11.4. The minimum absolute atomic E-state index is 0.368. The standard InChI is InChI=1S/C26H24N8O/c1-17-14-19(12-13-27-17)25-21-16-28-24(15-22(21)32-34-25)30-26(35)29-23-11-10-20(31-33-23)9-5-8-18-6-3-2-4-7-18/h2-4,6-7,10-16H,5,8-9H2,1H3,(H,32,34)(H2,28,29,30,33,35). The Balaban J connectivity index is 1.17. The molecule has 3 N–H and O–H groups in total. The van der Waals surface area contributed by atoms with Gasteiger partial charge in [0.25, 0.3) is 0 Å². The van der Waals surface area contributed by atoms with Gasteiger partial charge in [-0.05, 0) is 56.0 Å². The lowest BCUT2D eigenvalue weighted by molar-refractivity contribution is 0.262. The van der Waals surface area contributed by atoms with Gasteiger partial charge in [0.15, 0.2) is 5.82 Å². The second-order valence-corrected chi connectivity index (χ2v) is 8.20. The summed E-state index contributed by atoms with van der Waals surface area (Å²) >= 11 is 0. The summed E-state index contributed by atoms with van der Waals surface area (Å²) in [5.41, 5.74) is 5.60. The molecule has 1 aromatic carbocycles. The summed E-state index contributed by atoms with van der Waals surface area (Å²) in [6, 6.07) is 19.1. The van der Waals surface area contributed by atoms with Gasteiger partial charge in [-0.1, -0.05) is 30.3 Å². The average Bonchev–Trinajstić information content (AvgIpc) is 3.29. The molecule has 0 fully saturated rings. The van der Waals surface area contributed by atoms with E-state index in [1.807, 2.05) is 43.3 Å². The third kappa shape index (κ3) is 5.47. The molecule has 0 aliphatic rings. The normalized spacial score (nSPS) is 10.9. The van der Waals surface area contributed by atoms with Gasteiger partial charge < -0.3 is 0 Å². The van der Waals surface area contributed by atoms with Crippen molar-refractivity contribution in [3.8, 4) is 11.3 Å². The van der Waals surface area contributed by atoms with Gasteiger partial charge in [0.2, 0.25) is 0 Å². The molecule has 4 aromatic heterocycles. The van der Waals surface area contributed by atoms with Crippen molar-refractivity contribution in [2.75, 3.05) is 10.6 Å². The van der Waals surface area contributed by atoms with E-state index in [4.69, 9.17) is 0 Å². The molecule has 5 rings (SSSR count). The summed E-state index contributed by atoms with van der Waals surface area (Å²) in [6.07, 6.45) is 6.23. The topological polar surface area (TPSA) is 121 Å². The number of fused-ring (bicyclic) bond motifs is 1. The van der Waals surface area contributed by atoms with Crippen LogP contribution in [0.4, 0.5) is 16.4 Å². The molecule has 0 unspecified atom stereocenters. The summed E-state index contributed by atoms with van der Waals surface area (Å²) in [7, 11) is 0. The van der Waals surface area contributed by atoms with Crippen LogP contribution in [-0.2, 0) is 12.8 Å². The fourth-order valence-electron chi connectivity index (χ4n) is 3.84. The Labute approximate surface area is 202 Å². The third-order valence-electron chi connectivity index (χ3n) is 5.56. The number of rotatable bonds is 7. The fraction of sp³-hybridized carbons (Fsp3) is 0.154. The van der Waals surface area contributed by atoms with Crippen LogP contribution in [0.15, 0.2) is 73.1 Å². The summed E-state index contributed by atoms with van der Waals surface area (Å²) in [5.74, 6) is 0.758. The van der Waals surface area contributed by atoms with Crippen LogP contribution < -0.4 is 10.6 Å². The van der Waals surface area contributed by atoms with Crippen LogP contribution in [0.3, 0.4) is 0 Å². The molecule has 0 saturated carbocycles. The zero-order chi connectivity index (χ0) is 24.0. The Morgan fingerprint density at radius 3 is 2.57 bits per heavy atom. The summed E-state index contributed by atoms with van der Waals surface area (Å²) in [4.78, 5) is 21.0. The molecule has 0 saturated heterocycles. The molecular formula is C26H24N8O. The van der Waals surface area contributed by atoms with Crippen molar-refractivity contribution in [3.63, 3.8) is 0 Å². The van der Waals surface area contributed by atoms with Crippen molar-refractivity contribution in [3.05, 3.63) is 90.0 Å².